The lowest BCUT2D eigenvalue weighted by molar-refractivity contribution is -0.115. The molecule has 3 aromatic rings. The van der Waals surface area contributed by atoms with Gasteiger partial charge in [-0.15, -0.1) is 16.4 Å². The Morgan fingerprint density at radius 2 is 2.00 bits per heavy atom. The highest BCUT2D eigenvalue weighted by Crippen LogP contribution is 2.38. The first-order valence-corrected chi connectivity index (χ1v) is 11.0. The van der Waals surface area contributed by atoms with Crippen LogP contribution in [0.5, 0.6) is 0 Å². The van der Waals surface area contributed by atoms with E-state index in [-0.39, 0.29) is 24.4 Å². The quantitative estimate of drug-likeness (QED) is 0.627. The normalized spacial score (nSPS) is 13.5. The first-order chi connectivity index (χ1) is 14.3. The standard InChI is InChI=1S/C21H25N5O3S/c1-11(2)29-20(28)18-14-7-5-6-8-15(14)30-19(18)24-17(27)10-16-23-21-22-12(3)9-13(4)26(21)25-16/h9,11H,5-8,10H2,1-4H3,(H,24,27). The number of aryl methyl sites for hydroxylation is 3. The second-order valence-electron chi connectivity index (χ2n) is 7.87. The Hall–Kier alpha value is -2.81. The lowest BCUT2D eigenvalue weighted by Gasteiger charge is -2.14. The monoisotopic (exact) mass is 427 g/mol. The lowest BCUT2D eigenvalue weighted by Crippen LogP contribution is -2.19. The SMILES string of the molecule is Cc1cc(C)n2nc(CC(=O)Nc3sc4c(c3C(=O)OC(C)C)CCCC4)nc2n1. The molecule has 0 unspecified atom stereocenters. The molecule has 0 saturated carbocycles. The van der Waals surface area contributed by atoms with Crippen molar-refractivity contribution in [1.29, 1.82) is 0 Å². The summed E-state index contributed by atoms with van der Waals surface area (Å²) in [6.07, 6.45) is 3.68. The van der Waals surface area contributed by atoms with Gasteiger partial charge in [-0.1, -0.05) is 0 Å². The topological polar surface area (TPSA) is 98.5 Å². The van der Waals surface area contributed by atoms with Crippen molar-refractivity contribution in [2.24, 2.45) is 0 Å². The minimum Gasteiger partial charge on any atom is -0.459 e. The summed E-state index contributed by atoms with van der Waals surface area (Å²) in [6, 6.07) is 1.91. The lowest BCUT2D eigenvalue weighted by atomic mass is 9.95. The van der Waals surface area contributed by atoms with E-state index < -0.39 is 0 Å². The van der Waals surface area contributed by atoms with Gasteiger partial charge in [-0.05, 0) is 65.0 Å². The summed E-state index contributed by atoms with van der Waals surface area (Å²) < 4.78 is 7.08. The maximum atomic E-state index is 12.8. The summed E-state index contributed by atoms with van der Waals surface area (Å²) in [5.74, 6) is 0.225. The zero-order chi connectivity index (χ0) is 21.4. The maximum Gasteiger partial charge on any atom is 0.341 e. The molecule has 3 heterocycles. The van der Waals surface area contributed by atoms with Crippen LogP contribution in [0, 0.1) is 13.8 Å². The van der Waals surface area contributed by atoms with Crippen LogP contribution in [0.25, 0.3) is 5.78 Å². The van der Waals surface area contributed by atoms with Crippen molar-refractivity contribution in [1.82, 2.24) is 19.6 Å². The number of rotatable bonds is 5. The van der Waals surface area contributed by atoms with Crippen LogP contribution in [0.2, 0.25) is 0 Å². The molecule has 9 heteroatoms. The number of ether oxygens (including phenoxy) is 1. The Kier molecular flexibility index (Phi) is 5.55. The molecule has 0 spiro atoms. The summed E-state index contributed by atoms with van der Waals surface area (Å²) in [5, 5.41) is 7.86. The number of hydrogen-bond donors (Lipinski definition) is 1. The minimum absolute atomic E-state index is 0.00306. The van der Waals surface area contributed by atoms with Crippen molar-refractivity contribution in [3.05, 3.63) is 39.3 Å². The van der Waals surface area contributed by atoms with Gasteiger partial charge in [0, 0.05) is 16.3 Å². The van der Waals surface area contributed by atoms with Crippen molar-refractivity contribution in [2.45, 2.75) is 65.9 Å². The van der Waals surface area contributed by atoms with Crippen molar-refractivity contribution in [2.75, 3.05) is 5.32 Å². The van der Waals surface area contributed by atoms with Crippen molar-refractivity contribution in [3.8, 4) is 0 Å². The molecule has 0 atom stereocenters. The molecule has 0 saturated heterocycles. The number of anilines is 1. The van der Waals surface area contributed by atoms with Crippen LogP contribution in [-0.4, -0.2) is 37.6 Å². The molecule has 158 valence electrons. The fraction of sp³-hybridized carbons (Fsp3) is 0.476. The second-order valence-corrected chi connectivity index (χ2v) is 8.98. The summed E-state index contributed by atoms with van der Waals surface area (Å²) in [7, 11) is 0. The molecule has 0 aromatic carbocycles. The second kappa shape index (κ2) is 8.14. The Labute approximate surface area is 178 Å². The van der Waals surface area contributed by atoms with Crippen molar-refractivity contribution in [3.63, 3.8) is 0 Å². The first-order valence-electron chi connectivity index (χ1n) is 10.2. The van der Waals surface area contributed by atoms with Gasteiger partial charge in [-0.2, -0.15) is 4.98 Å². The third kappa shape index (κ3) is 4.07. The van der Waals surface area contributed by atoms with Crippen LogP contribution >= 0.6 is 11.3 Å². The van der Waals surface area contributed by atoms with Crippen LogP contribution in [0.15, 0.2) is 6.07 Å². The fourth-order valence-corrected chi connectivity index (χ4v) is 5.03. The molecule has 0 bridgehead atoms. The van der Waals surface area contributed by atoms with Gasteiger partial charge in [0.15, 0.2) is 5.82 Å². The van der Waals surface area contributed by atoms with E-state index in [1.165, 1.54) is 11.3 Å². The Morgan fingerprint density at radius 1 is 1.23 bits per heavy atom. The van der Waals surface area contributed by atoms with E-state index in [0.29, 0.717) is 22.2 Å². The largest absolute Gasteiger partial charge is 0.459 e. The van der Waals surface area contributed by atoms with Gasteiger partial charge >= 0.3 is 5.97 Å². The summed E-state index contributed by atoms with van der Waals surface area (Å²) in [6.45, 7) is 7.46. The highest BCUT2D eigenvalue weighted by atomic mass is 32.1. The van der Waals surface area contributed by atoms with E-state index in [9.17, 15) is 9.59 Å². The van der Waals surface area contributed by atoms with Gasteiger partial charge in [-0.3, -0.25) is 4.79 Å². The van der Waals surface area contributed by atoms with Gasteiger partial charge < -0.3 is 10.1 Å². The van der Waals surface area contributed by atoms with E-state index in [4.69, 9.17) is 4.74 Å². The molecule has 3 aromatic heterocycles. The molecular formula is C21H25N5O3S. The first kappa shape index (κ1) is 20.5. The molecule has 0 radical (unpaired) electrons. The van der Waals surface area contributed by atoms with E-state index in [2.05, 4.69) is 20.4 Å². The molecular weight excluding hydrogens is 402 g/mol. The number of aromatic nitrogens is 4. The Morgan fingerprint density at radius 3 is 2.77 bits per heavy atom. The molecule has 8 nitrogen and oxygen atoms in total. The van der Waals surface area contributed by atoms with E-state index in [1.807, 2.05) is 33.8 Å². The zero-order valence-corrected chi connectivity index (χ0v) is 18.4. The van der Waals surface area contributed by atoms with Gasteiger partial charge in [0.2, 0.25) is 5.91 Å². The fourth-order valence-electron chi connectivity index (χ4n) is 3.74. The number of nitrogens with zero attached hydrogens (tertiary/aromatic N) is 4. The highest BCUT2D eigenvalue weighted by Gasteiger charge is 2.28. The van der Waals surface area contributed by atoms with Crippen molar-refractivity contribution >= 4 is 34.0 Å². The minimum atomic E-state index is -0.374. The van der Waals surface area contributed by atoms with Crippen LogP contribution in [-0.2, 0) is 28.8 Å². The number of hydrogen-bond acceptors (Lipinski definition) is 7. The summed E-state index contributed by atoms with van der Waals surface area (Å²) >= 11 is 1.47. The zero-order valence-electron chi connectivity index (χ0n) is 17.6. The number of nitrogens with one attached hydrogen (secondary N) is 1. The molecule has 1 N–H and O–H groups in total. The Balaban J connectivity index is 1.58. The third-order valence-electron chi connectivity index (χ3n) is 4.95. The maximum absolute atomic E-state index is 12.8. The van der Waals surface area contributed by atoms with Gasteiger partial charge in [0.25, 0.3) is 5.78 Å². The number of carbonyl (C=O) groups is 2. The smallest absolute Gasteiger partial charge is 0.341 e. The van der Waals surface area contributed by atoms with Crippen LogP contribution < -0.4 is 5.32 Å². The Bertz CT molecular complexity index is 1130. The van der Waals surface area contributed by atoms with E-state index in [1.54, 1.807) is 4.52 Å². The van der Waals surface area contributed by atoms with Crippen LogP contribution in [0.3, 0.4) is 0 Å². The molecule has 1 amide bonds. The van der Waals surface area contributed by atoms with E-state index >= 15 is 0 Å². The van der Waals surface area contributed by atoms with Crippen LogP contribution in [0.1, 0.15) is 64.7 Å². The molecule has 30 heavy (non-hydrogen) atoms. The van der Waals surface area contributed by atoms with E-state index in [0.717, 1.165) is 47.5 Å². The van der Waals surface area contributed by atoms with Crippen LogP contribution in [0.4, 0.5) is 5.00 Å². The number of thiophene rings is 1. The van der Waals surface area contributed by atoms with Gasteiger partial charge in [0.1, 0.15) is 5.00 Å². The molecule has 0 fully saturated rings. The molecule has 1 aliphatic carbocycles. The molecule has 1 aliphatic rings. The number of fused-ring (bicyclic) bond motifs is 2. The van der Waals surface area contributed by atoms with Gasteiger partial charge in [-0.25, -0.2) is 14.3 Å². The average molecular weight is 428 g/mol. The molecule has 4 rings (SSSR count). The van der Waals surface area contributed by atoms with Crippen molar-refractivity contribution < 1.29 is 14.3 Å². The number of esters is 1. The highest BCUT2D eigenvalue weighted by molar-refractivity contribution is 7.17. The third-order valence-corrected chi connectivity index (χ3v) is 6.16. The summed E-state index contributed by atoms with van der Waals surface area (Å²) in [4.78, 5) is 35.4. The van der Waals surface area contributed by atoms with Gasteiger partial charge in [0.05, 0.1) is 18.1 Å². The number of amides is 1. The summed E-state index contributed by atoms with van der Waals surface area (Å²) in [5.41, 5.74) is 3.28. The molecule has 0 aliphatic heterocycles. The predicted octanol–water partition coefficient (Wildman–Crippen LogP) is 3.43. The number of carbonyl (C=O) groups excluding carboxylic acids is 2. The average Bonchev–Trinajstić information content (AvgIpc) is 3.21. The predicted molar refractivity (Wildman–Crippen MR) is 114 cm³/mol.